The van der Waals surface area contributed by atoms with Gasteiger partial charge in [-0.05, 0) is 17.5 Å². The Morgan fingerprint density at radius 1 is 0.828 bits per heavy atom. The van der Waals surface area contributed by atoms with Gasteiger partial charge in [-0.15, -0.1) is 0 Å². The van der Waals surface area contributed by atoms with Crippen molar-refractivity contribution in [3.05, 3.63) is 71.8 Å². The van der Waals surface area contributed by atoms with Gasteiger partial charge in [0.1, 0.15) is 19.3 Å². The van der Waals surface area contributed by atoms with Gasteiger partial charge in [-0.25, -0.2) is 0 Å². The van der Waals surface area contributed by atoms with E-state index in [4.69, 9.17) is 9.47 Å². The first-order valence-electron chi connectivity index (χ1n) is 9.35. The molecule has 2 rings (SSSR count). The summed E-state index contributed by atoms with van der Waals surface area (Å²) < 4.78 is 10.4. The Kier molecular flexibility index (Phi) is 8.85. The number of benzene rings is 2. The standard InChI is InChI=1S/C22H25NO6/c1-2-19(22(26)27)23(13-20(24)28-15-17-9-5-3-6-10-17)14-21(25)29-16-18-11-7-4-8-12-18/h3-12,19H,2,13-16H2,1H3,(H,26,27). The molecule has 7 heteroatoms. The van der Waals surface area contributed by atoms with E-state index in [0.29, 0.717) is 0 Å². The minimum Gasteiger partial charge on any atom is -0.480 e. The minimum absolute atomic E-state index is 0.0792. The fourth-order valence-corrected chi connectivity index (χ4v) is 2.76. The molecule has 0 spiro atoms. The van der Waals surface area contributed by atoms with Crippen LogP contribution < -0.4 is 0 Å². The molecule has 2 aromatic rings. The minimum atomic E-state index is -1.11. The normalized spacial score (nSPS) is 11.7. The van der Waals surface area contributed by atoms with Crippen LogP contribution in [0.5, 0.6) is 0 Å². The zero-order valence-electron chi connectivity index (χ0n) is 16.3. The van der Waals surface area contributed by atoms with Gasteiger partial charge in [-0.3, -0.25) is 19.3 Å². The fraction of sp³-hybridized carbons (Fsp3) is 0.318. The van der Waals surface area contributed by atoms with Crippen LogP contribution in [0.25, 0.3) is 0 Å². The van der Waals surface area contributed by atoms with Crippen LogP contribution in [0.4, 0.5) is 0 Å². The number of carbonyl (C=O) groups is 3. The number of aliphatic carboxylic acids is 1. The molecule has 0 saturated heterocycles. The summed E-state index contributed by atoms with van der Waals surface area (Å²) in [4.78, 5) is 37.3. The maximum Gasteiger partial charge on any atom is 0.320 e. The quantitative estimate of drug-likeness (QED) is 0.581. The summed E-state index contributed by atoms with van der Waals surface area (Å²) in [5.74, 6) is -2.33. The Hall–Kier alpha value is -3.19. The van der Waals surface area contributed by atoms with Gasteiger partial charge in [0.2, 0.25) is 0 Å². The summed E-state index contributed by atoms with van der Waals surface area (Å²) in [6, 6.07) is 17.3. The molecule has 0 aromatic heterocycles. The maximum atomic E-state index is 12.2. The molecule has 0 radical (unpaired) electrons. The third kappa shape index (κ3) is 7.75. The molecule has 0 aliphatic carbocycles. The molecule has 0 fully saturated rings. The molecule has 0 heterocycles. The van der Waals surface area contributed by atoms with E-state index in [2.05, 4.69) is 0 Å². The van der Waals surface area contributed by atoms with E-state index < -0.39 is 23.9 Å². The molecule has 154 valence electrons. The molecule has 0 aliphatic heterocycles. The highest BCUT2D eigenvalue weighted by Gasteiger charge is 2.28. The third-order valence-corrected chi connectivity index (χ3v) is 4.26. The van der Waals surface area contributed by atoms with Gasteiger partial charge in [-0.2, -0.15) is 0 Å². The number of hydrogen-bond donors (Lipinski definition) is 1. The first kappa shape index (κ1) is 22.1. The van der Waals surface area contributed by atoms with Gasteiger partial charge in [0.25, 0.3) is 0 Å². The second-order valence-electron chi connectivity index (χ2n) is 6.46. The lowest BCUT2D eigenvalue weighted by atomic mass is 10.2. The number of carboxylic acids is 1. The van der Waals surface area contributed by atoms with Gasteiger partial charge in [0.15, 0.2) is 0 Å². The Morgan fingerprint density at radius 3 is 1.59 bits per heavy atom. The molecular formula is C22H25NO6. The van der Waals surface area contributed by atoms with Crippen molar-refractivity contribution in [3.8, 4) is 0 Å². The molecule has 2 aromatic carbocycles. The molecule has 0 aliphatic rings. The van der Waals surface area contributed by atoms with Gasteiger partial charge in [0.05, 0.1) is 13.1 Å². The first-order valence-corrected chi connectivity index (χ1v) is 9.35. The zero-order valence-corrected chi connectivity index (χ0v) is 16.3. The van der Waals surface area contributed by atoms with Gasteiger partial charge >= 0.3 is 17.9 Å². The fourth-order valence-electron chi connectivity index (χ4n) is 2.76. The number of nitrogens with zero attached hydrogens (tertiary/aromatic N) is 1. The molecule has 29 heavy (non-hydrogen) atoms. The van der Waals surface area contributed by atoms with E-state index in [1.54, 1.807) is 6.92 Å². The van der Waals surface area contributed by atoms with Gasteiger partial charge in [0, 0.05) is 0 Å². The predicted molar refractivity (Wildman–Crippen MR) is 106 cm³/mol. The molecule has 0 amide bonds. The van der Waals surface area contributed by atoms with Crippen LogP contribution in [0.3, 0.4) is 0 Å². The van der Waals surface area contributed by atoms with Crippen molar-refractivity contribution < 1.29 is 29.0 Å². The zero-order chi connectivity index (χ0) is 21.1. The van der Waals surface area contributed by atoms with E-state index in [1.807, 2.05) is 60.7 Å². The van der Waals surface area contributed by atoms with Crippen LogP contribution in [0, 0.1) is 0 Å². The summed E-state index contributed by atoms with van der Waals surface area (Å²) in [6.45, 7) is 1.19. The highest BCUT2D eigenvalue weighted by molar-refractivity contribution is 5.79. The van der Waals surface area contributed by atoms with Gasteiger partial charge in [-0.1, -0.05) is 67.6 Å². The second-order valence-corrected chi connectivity index (χ2v) is 6.46. The summed E-state index contributed by atoms with van der Waals surface area (Å²) in [7, 11) is 0. The molecule has 0 saturated carbocycles. The largest absolute Gasteiger partial charge is 0.480 e. The lowest BCUT2D eigenvalue weighted by Gasteiger charge is -2.26. The van der Waals surface area contributed by atoms with Crippen molar-refractivity contribution >= 4 is 17.9 Å². The molecule has 1 atom stereocenters. The van der Waals surface area contributed by atoms with E-state index in [0.717, 1.165) is 11.1 Å². The van der Waals surface area contributed by atoms with Crippen LogP contribution >= 0.6 is 0 Å². The molecule has 0 bridgehead atoms. The smallest absolute Gasteiger partial charge is 0.320 e. The highest BCUT2D eigenvalue weighted by atomic mass is 16.5. The molecule has 1 N–H and O–H groups in total. The summed E-state index contributed by atoms with van der Waals surface area (Å²) in [5, 5.41) is 9.44. The third-order valence-electron chi connectivity index (χ3n) is 4.26. The molecule has 7 nitrogen and oxygen atoms in total. The number of rotatable bonds is 11. The van der Waals surface area contributed by atoms with Crippen molar-refractivity contribution in [2.75, 3.05) is 13.1 Å². The Bertz CT molecular complexity index is 736. The van der Waals surface area contributed by atoms with E-state index >= 15 is 0 Å². The van der Waals surface area contributed by atoms with Crippen LogP contribution in [0.2, 0.25) is 0 Å². The number of hydrogen-bond acceptors (Lipinski definition) is 6. The first-order chi connectivity index (χ1) is 14.0. The van der Waals surface area contributed by atoms with Crippen LogP contribution in [-0.4, -0.2) is 47.0 Å². The van der Waals surface area contributed by atoms with Crippen molar-refractivity contribution in [2.45, 2.75) is 32.6 Å². The van der Waals surface area contributed by atoms with Crippen molar-refractivity contribution in [2.24, 2.45) is 0 Å². The summed E-state index contributed by atoms with van der Waals surface area (Å²) in [6.07, 6.45) is 0.229. The molecular weight excluding hydrogens is 374 g/mol. The Morgan fingerprint density at radius 2 is 1.24 bits per heavy atom. The summed E-state index contributed by atoms with van der Waals surface area (Å²) in [5.41, 5.74) is 1.64. The van der Waals surface area contributed by atoms with Crippen LogP contribution in [0.15, 0.2) is 60.7 Å². The number of esters is 2. The number of ether oxygens (including phenoxy) is 2. The monoisotopic (exact) mass is 399 g/mol. The van der Waals surface area contributed by atoms with E-state index in [9.17, 15) is 19.5 Å². The Labute approximate surface area is 169 Å². The SMILES string of the molecule is CCC(C(=O)O)N(CC(=O)OCc1ccccc1)CC(=O)OCc1ccccc1. The predicted octanol–water partition coefficient (Wildman–Crippen LogP) is 2.64. The van der Waals surface area contributed by atoms with E-state index in [-0.39, 0.29) is 32.7 Å². The average molecular weight is 399 g/mol. The van der Waals surface area contributed by atoms with Crippen LogP contribution in [0.1, 0.15) is 24.5 Å². The average Bonchev–Trinajstić information content (AvgIpc) is 2.72. The highest BCUT2D eigenvalue weighted by Crippen LogP contribution is 2.08. The lowest BCUT2D eigenvalue weighted by molar-refractivity contribution is -0.154. The van der Waals surface area contributed by atoms with Crippen molar-refractivity contribution in [1.82, 2.24) is 4.90 Å². The topological polar surface area (TPSA) is 93.1 Å². The van der Waals surface area contributed by atoms with Crippen molar-refractivity contribution in [3.63, 3.8) is 0 Å². The number of carboxylic acid groups (broad SMARTS) is 1. The second kappa shape index (κ2) is 11.6. The lowest BCUT2D eigenvalue weighted by Crippen LogP contribution is -2.46. The molecule has 1 unspecified atom stereocenters. The maximum absolute atomic E-state index is 12.2. The summed E-state index contributed by atoms with van der Waals surface area (Å²) >= 11 is 0. The van der Waals surface area contributed by atoms with Crippen LogP contribution in [-0.2, 0) is 37.1 Å². The van der Waals surface area contributed by atoms with Crippen molar-refractivity contribution in [1.29, 1.82) is 0 Å². The Balaban J connectivity index is 1.93. The van der Waals surface area contributed by atoms with Gasteiger partial charge < -0.3 is 14.6 Å². The number of carbonyl (C=O) groups excluding carboxylic acids is 2. The van der Waals surface area contributed by atoms with E-state index in [1.165, 1.54) is 4.90 Å².